The standard InChI is InChI=1S/C11H15N2O2.Y/c1-3-15-9-13-11-6-4-10(5-7-11)12-8-14-2;/h4-7,9,12H,2-3,8H2,1H3;/q-1;. The number of hydrogen-bond acceptors (Lipinski definition) is 4. The van der Waals surface area contributed by atoms with E-state index >= 15 is 0 Å². The van der Waals surface area contributed by atoms with E-state index in [9.17, 15) is 0 Å². The average molecular weight is 296 g/mol. The maximum absolute atomic E-state index is 5.00. The Kier molecular flexibility index (Phi) is 9.48. The molecule has 0 fully saturated rings. The summed E-state index contributed by atoms with van der Waals surface area (Å²) in [5, 5.41) is 3.02. The van der Waals surface area contributed by atoms with Crippen LogP contribution < -0.4 is 5.32 Å². The minimum absolute atomic E-state index is 0. The van der Waals surface area contributed by atoms with Gasteiger partial charge in [-0.25, -0.2) is 12.1 Å². The van der Waals surface area contributed by atoms with Crippen LogP contribution in [0, 0.1) is 7.11 Å². The van der Waals surface area contributed by atoms with Gasteiger partial charge in [-0.15, -0.1) is 0 Å². The number of nitrogens with zero attached hydrogens (tertiary/aromatic N) is 1. The van der Waals surface area contributed by atoms with Gasteiger partial charge in [-0.05, 0) is 31.2 Å². The van der Waals surface area contributed by atoms with Crippen molar-refractivity contribution in [2.24, 2.45) is 4.99 Å². The van der Waals surface area contributed by atoms with Crippen LogP contribution in [0.4, 0.5) is 11.4 Å². The first-order valence-corrected chi connectivity index (χ1v) is 4.72. The van der Waals surface area contributed by atoms with E-state index in [1.54, 1.807) is 0 Å². The third-order valence-electron chi connectivity index (χ3n) is 1.69. The predicted octanol–water partition coefficient (Wildman–Crippen LogP) is 2.56. The smallest absolute Gasteiger partial charge is 0.174 e. The normalized spacial score (nSPS) is 9.88. The summed E-state index contributed by atoms with van der Waals surface area (Å²) >= 11 is 0. The molecule has 0 aliphatic heterocycles. The summed E-state index contributed by atoms with van der Waals surface area (Å²) in [4.78, 5) is 4.10. The monoisotopic (exact) mass is 296 g/mol. The van der Waals surface area contributed by atoms with Crippen LogP contribution in [-0.2, 0) is 42.2 Å². The van der Waals surface area contributed by atoms with Gasteiger partial charge >= 0.3 is 0 Å². The summed E-state index contributed by atoms with van der Waals surface area (Å²) in [7, 11) is 3.27. The van der Waals surface area contributed by atoms with E-state index in [1.165, 1.54) is 6.40 Å². The number of rotatable bonds is 6. The second kappa shape index (κ2) is 9.76. The van der Waals surface area contributed by atoms with E-state index in [1.807, 2.05) is 31.2 Å². The van der Waals surface area contributed by atoms with E-state index in [0.717, 1.165) is 11.4 Å². The van der Waals surface area contributed by atoms with Gasteiger partial charge < -0.3 is 14.8 Å². The Balaban J connectivity index is 0.00000225. The molecule has 0 unspecified atom stereocenters. The van der Waals surface area contributed by atoms with Gasteiger partial charge in [0.15, 0.2) is 6.40 Å². The first-order chi connectivity index (χ1) is 7.36. The summed E-state index contributed by atoms with van der Waals surface area (Å²) in [5.74, 6) is 0. The Labute approximate surface area is 121 Å². The van der Waals surface area contributed by atoms with Crippen LogP contribution in [0.2, 0.25) is 0 Å². The molecule has 1 N–H and O–H groups in total. The quantitative estimate of drug-likeness (QED) is 0.380. The summed E-state index contributed by atoms with van der Waals surface area (Å²) in [5.41, 5.74) is 1.82. The van der Waals surface area contributed by atoms with Gasteiger partial charge in [0.2, 0.25) is 0 Å². The second-order valence-electron chi connectivity index (χ2n) is 2.76. The second-order valence-corrected chi connectivity index (χ2v) is 2.76. The van der Waals surface area contributed by atoms with Crippen LogP contribution in [0.1, 0.15) is 6.92 Å². The fraction of sp³-hybridized carbons (Fsp3) is 0.273. The van der Waals surface area contributed by atoms with Gasteiger partial charge in [-0.2, -0.15) is 0 Å². The average Bonchev–Trinajstić information content (AvgIpc) is 2.28. The molecule has 0 aromatic heterocycles. The fourth-order valence-electron chi connectivity index (χ4n) is 0.972. The van der Waals surface area contributed by atoms with Gasteiger partial charge in [0, 0.05) is 38.4 Å². The van der Waals surface area contributed by atoms with Crippen molar-refractivity contribution < 1.29 is 42.2 Å². The Hall–Kier alpha value is -0.446. The largest absolute Gasteiger partial charge is 0.540 e. The molecule has 1 aromatic carbocycles. The Morgan fingerprint density at radius 1 is 1.38 bits per heavy atom. The summed E-state index contributed by atoms with van der Waals surface area (Å²) < 4.78 is 9.64. The molecule has 0 aliphatic carbocycles. The van der Waals surface area contributed by atoms with E-state index in [-0.39, 0.29) is 32.7 Å². The first-order valence-electron chi connectivity index (χ1n) is 4.72. The molecule has 4 nitrogen and oxygen atoms in total. The molecule has 0 saturated carbocycles. The van der Waals surface area contributed by atoms with Crippen molar-refractivity contribution in [1.29, 1.82) is 0 Å². The predicted molar refractivity (Wildman–Crippen MR) is 61.2 cm³/mol. The minimum Gasteiger partial charge on any atom is -0.540 e. The number of nitrogens with one attached hydrogen (secondary N) is 1. The van der Waals surface area contributed by atoms with Crippen molar-refractivity contribution in [1.82, 2.24) is 0 Å². The molecule has 0 heterocycles. The fourth-order valence-corrected chi connectivity index (χ4v) is 0.972. The van der Waals surface area contributed by atoms with Crippen LogP contribution in [0.15, 0.2) is 29.3 Å². The molecule has 0 aliphatic rings. The Morgan fingerprint density at radius 3 is 2.62 bits per heavy atom. The van der Waals surface area contributed by atoms with Crippen molar-refractivity contribution in [2.45, 2.75) is 6.92 Å². The molecule has 0 saturated heterocycles. The number of hydrogen-bond donors (Lipinski definition) is 1. The zero-order chi connectivity index (χ0) is 10.9. The van der Waals surface area contributed by atoms with Crippen LogP contribution in [0.5, 0.6) is 0 Å². The van der Waals surface area contributed by atoms with Gasteiger partial charge in [0.1, 0.15) is 0 Å². The number of anilines is 1. The zero-order valence-corrected chi connectivity index (χ0v) is 12.2. The molecule has 1 rings (SSSR count). The van der Waals surface area contributed by atoms with Crippen molar-refractivity contribution in [3.63, 3.8) is 0 Å². The topological polar surface area (TPSA) is 42.8 Å². The first kappa shape index (κ1) is 15.6. The molecule has 85 valence electrons. The van der Waals surface area contributed by atoms with Crippen LogP contribution in [0.3, 0.4) is 0 Å². The minimum atomic E-state index is 0. The van der Waals surface area contributed by atoms with Gasteiger partial charge in [0.05, 0.1) is 19.0 Å². The molecule has 1 aromatic rings. The number of benzene rings is 1. The van der Waals surface area contributed by atoms with E-state index in [2.05, 4.69) is 22.2 Å². The third kappa shape index (κ3) is 6.21. The molecule has 1 radical (unpaired) electrons. The number of aliphatic imine (C=N–C) groups is 1. The van der Waals surface area contributed by atoms with Crippen molar-refractivity contribution >= 4 is 17.8 Å². The molecule has 0 atom stereocenters. The van der Waals surface area contributed by atoms with Crippen LogP contribution in [0.25, 0.3) is 0 Å². The SMILES string of the molecule is [CH2-]OCNc1ccc(N=COCC)cc1.[Y]. The summed E-state index contributed by atoms with van der Waals surface area (Å²) in [6, 6.07) is 7.61. The summed E-state index contributed by atoms with van der Waals surface area (Å²) in [6.07, 6.45) is 1.45. The van der Waals surface area contributed by atoms with Crippen molar-refractivity contribution in [3.8, 4) is 0 Å². The third-order valence-corrected chi connectivity index (χ3v) is 1.69. The molecule has 0 amide bonds. The van der Waals surface area contributed by atoms with Crippen LogP contribution in [-0.4, -0.2) is 19.7 Å². The summed E-state index contributed by atoms with van der Waals surface area (Å²) in [6.45, 7) is 2.93. The molecule has 0 spiro atoms. The van der Waals surface area contributed by atoms with Gasteiger partial charge in [0.25, 0.3) is 0 Å². The maximum atomic E-state index is 5.00. The van der Waals surface area contributed by atoms with Crippen molar-refractivity contribution in [2.75, 3.05) is 18.7 Å². The van der Waals surface area contributed by atoms with E-state index < -0.39 is 0 Å². The molecule has 5 heteroatoms. The molecule has 0 bridgehead atoms. The van der Waals surface area contributed by atoms with Crippen molar-refractivity contribution in [3.05, 3.63) is 31.4 Å². The van der Waals surface area contributed by atoms with Gasteiger partial charge in [-0.1, -0.05) is 0 Å². The van der Waals surface area contributed by atoms with E-state index in [0.29, 0.717) is 13.3 Å². The van der Waals surface area contributed by atoms with Gasteiger partial charge in [-0.3, -0.25) is 0 Å². The molecular weight excluding hydrogens is 281 g/mol. The molecule has 16 heavy (non-hydrogen) atoms. The Bertz CT molecular complexity index is 301. The molecular formula is C11H15N2O2Y-. The van der Waals surface area contributed by atoms with Crippen LogP contribution >= 0.6 is 0 Å². The Morgan fingerprint density at radius 2 is 2.06 bits per heavy atom. The maximum Gasteiger partial charge on any atom is 0.174 e. The van der Waals surface area contributed by atoms with E-state index in [4.69, 9.17) is 4.74 Å². The number of ether oxygens (including phenoxy) is 2. The zero-order valence-electron chi connectivity index (χ0n) is 9.35.